The summed E-state index contributed by atoms with van der Waals surface area (Å²) < 4.78 is 6.25. The Morgan fingerprint density at radius 1 is 0.879 bits per heavy atom. The van der Waals surface area contributed by atoms with E-state index in [0.29, 0.717) is 11.3 Å². The van der Waals surface area contributed by atoms with Crippen LogP contribution in [-0.2, 0) is 4.79 Å². The predicted octanol–water partition coefficient (Wildman–Crippen LogP) is 5.23. The second-order valence-corrected chi connectivity index (χ2v) is 8.27. The van der Waals surface area contributed by atoms with Crippen molar-refractivity contribution in [2.45, 2.75) is 0 Å². The minimum Gasteiger partial charge on any atom is -0.423 e. The zero-order valence-corrected chi connectivity index (χ0v) is 19.7. The average molecular weight is 549 g/mol. The molecule has 1 amide bonds. The zero-order valence-electron chi connectivity index (χ0n) is 17.5. The lowest BCUT2D eigenvalue weighted by molar-refractivity contribution is -0.119. The maximum absolute atomic E-state index is 12.3. The lowest BCUT2D eigenvalue weighted by Crippen LogP contribution is -2.25. The van der Waals surface area contributed by atoms with Crippen molar-refractivity contribution in [2.75, 3.05) is 11.9 Å². The van der Waals surface area contributed by atoms with E-state index in [2.05, 4.69) is 38.4 Å². The van der Waals surface area contributed by atoms with Crippen molar-refractivity contribution in [1.82, 2.24) is 5.43 Å². The van der Waals surface area contributed by atoms with E-state index < -0.39 is 5.97 Å². The van der Waals surface area contributed by atoms with Gasteiger partial charge in [-0.3, -0.25) is 4.79 Å². The van der Waals surface area contributed by atoms with Gasteiger partial charge >= 0.3 is 5.97 Å². The molecule has 0 saturated heterocycles. The third kappa shape index (κ3) is 5.95. The van der Waals surface area contributed by atoms with Crippen LogP contribution in [0.1, 0.15) is 15.9 Å². The largest absolute Gasteiger partial charge is 0.423 e. The number of carbonyl (C=O) groups excluding carboxylic acids is 2. The fraction of sp³-hybridized carbons (Fsp3) is 0.0385. The summed E-state index contributed by atoms with van der Waals surface area (Å²) in [6, 6.07) is 28.0. The summed E-state index contributed by atoms with van der Waals surface area (Å²) >= 11 is 2.10. The summed E-state index contributed by atoms with van der Waals surface area (Å²) in [7, 11) is 0. The molecule has 0 atom stereocenters. The number of ether oxygens (including phenoxy) is 1. The number of halogens is 1. The molecule has 0 spiro atoms. The molecule has 2 N–H and O–H groups in total. The monoisotopic (exact) mass is 549 g/mol. The predicted molar refractivity (Wildman–Crippen MR) is 139 cm³/mol. The van der Waals surface area contributed by atoms with Crippen molar-refractivity contribution in [3.8, 4) is 5.75 Å². The number of hydrogen-bond donors (Lipinski definition) is 2. The summed E-state index contributed by atoms with van der Waals surface area (Å²) in [6.07, 6.45) is 1.53. The molecule has 0 fully saturated rings. The Kier molecular flexibility index (Phi) is 7.31. The summed E-state index contributed by atoms with van der Waals surface area (Å²) in [4.78, 5) is 24.4. The van der Waals surface area contributed by atoms with E-state index >= 15 is 0 Å². The molecule has 0 aliphatic carbocycles. The van der Waals surface area contributed by atoms with Crippen molar-refractivity contribution in [3.05, 3.63) is 106 Å². The van der Waals surface area contributed by atoms with Gasteiger partial charge in [-0.25, -0.2) is 10.2 Å². The number of hydrogen-bond acceptors (Lipinski definition) is 5. The van der Waals surface area contributed by atoms with Gasteiger partial charge in [0.25, 0.3) is 5.91 Å². The molecule has 0 aliphatic rings. The summed E-state index contributed by atoms with van der Waals surface area (Å²) in [5.74, 6) is -0.241. The Labute approximate surface area is 204 Å². The fourth-order valence-electron chi connectivity index (χ4n) is 3.18. The van der Waals surface area contributed by atoms with Gasteiger partial charge in [-0.05, 0) is 76.0 Å². The van der Waals surface area contributed by atoms with E-state index in [1.54, 1.807) is 36.4 Å². The standard InChI is InChI=1S/C26H20IN3O3/c27-23-10-4-3-9-22(23)26(32)33-20-14-12-18(13-15-20)16-29-30-25(31)17-28-24-11-5-7-19-6-1-2-8-21(19)24/h1-16,28H,17H2,(H,30,31). The van der Waals surface area contributed by atoms with Gasteiger partial charge in [-0.15, -0.1) is 0 Å². The molecule has 0 saturated carbocycles. The van der Waals surface area contributed by atoms with E-state index in [-0.39, 0.29) is 12.5 Å². The number of benzene rings is 4. The number of anilines is 1. The molecule has 0 aliphatic heterocycles. The first kappa shape index (κ1) is 22.5. The van der Waals surface area contributed by atoms with Crippen molar-refractivity contribution in [1.29, 1.82) is 0 Å². The van der Waals surface area contributed by atoms with E-state index in [1.165, 1.54) is 6.21 Å². The van der Waals surface area contributed by atoms with Crippen LogP contribution < -0.4 is 15.5 Å². The topological polar surface area (TPSA) is 79.8 Å². The summed E-state index contributed by atoms with van der Waals surface area (Å²) in [5, 5.41) is 9.30. The van der Waals surface area contributed by atoms with Crippen LogP contribution in [0.25, 0.3) is 10.8 Å². The third-order valence-electron chi connectivity index (χ3n) is 4.82. The van der Waals surface area contributed by atoms with Gasteiger partial charge in [0.2, 0.25) is 0 Å². The van der Waals surface area contributed by atoms with Gasteiger partial charge < -0.3 is 10.1 Å². The van der Waals surface area contributed by atoms with Crippen LogP contribution in [0.15, 0.2) is 96.1 Å². The zero-order chi connectivity index (χ0) is 23.0. The van der Waals surface area contributed by atoms with Crippen LogP contribution in [0.4, 0.5) is 5.69 Å². The highest BCUT2D eigenvalue weighted by Crippen LogP contribution is 2.22. The first-order chi connectivity index (χ1) is 16.1. The number of nitrogens with zero attached hydrogens (tertiary/aromatic N) is 1. The van der Waals surface area contributed by atoms with Crippen LogP contribution >= 0.6 is 22.6 Å². The number of fused-ring (bicyclic) bond motifs is 1. The second-order valence-electron chi connectivity index (χ2n) is 7.11. The molecule has 0 heterocycles. The average Bonchev–Trinajstić information content (AvgIpc) is 2.84. The molecular formula is C26H20IN3O3. The van der Waals surface area contributed by atoms with Crippen molar-refractivity contribution in [2.24, 2.45) is 5.10 Å². The Balaban J connectivity index is 1.28. The van der Waals surface area contributed by atoms with Crippen molar-refractivity contribution < 1.29 is 14.3 Å². The number of esters is 1. The number of nitrogens with one attached hydrogen (secondary N) is 2. The molecule has 0 bridgehead atoms. The van der Waals surface area contributed by atoms with Gasteiger partial charge in [-0.1, -0.05) is 48.5 Å². The Hall–Kier alpha value is -3.72. The molecule has 0 radical (unpaired) electrons. The highest BCUT2D eigenvalue weighted by Gasteiger charge is 2.11. The first-order valence-corrected chi connectivity index (χ1v) is 11.3. The molecule has 0 aromatic heterocycles. The van der Waals surface area contributed by atoms with Gasteiger partial charge in [0.15, 0.2) is 0 Å². The van der Waals surface area contributed by atoms with Gasteiger partial charge in [0.05, 0.1) is 18.3 Å². The SMILES string of the molecule is O=C(CNc1cccc2ccccc12)NN=Cc1ccc(OC(=O)c2ccccc2I)cc1. The highest BCUT2D eigenvalue weighted by molar-refractivity contribution is 14.1. The number of hydrazone groups is 1. The quantitative estimate of drug-likeness (QED) is 0.109. The van der Waals surface area contributed by atoms with Gasteiger partial charge in [0.1, 0.15) is 5.75 Å². The van der Waals surface area contributed by atoms with Crippen LogP contribution in [0.5, 0.6) is 5.75 Å². The molecule has 4 rings (SSSR count). The molecule has 0 unspecified atom stereocenters. The second kappa shape index (κ2) is 10.7. The molecule has 7 heteroatoms. The molecule has 4 aromatic carbocycles. The van der Waals surface area contributed by atoms with Gasteiger partial charge in [0, 0.05) is 14.6 Å². The molecule has 33 heavy (non-hydrogen) atoms. The van der Waals surface area contributed by atoms with E-state index in [4.69, 9.17) is 4.74 Å². The minimum absolute atomic E-state index is 0.0958. The number of amides is 1. The smallest absolute Gasteiger partial charge is 0.344 e. The van der Waals surface area contributed by atoms with Gasteiger partial charge in [-0.2, -0.15) is 5.10 Å². The van der Waals surface area contributed by atoms with Crippen LogP contribution in [0.3, 0.4) is 0 Å². The molecule has 6 nitrogen and oxygen atoms in total. The van der Waals surface area contributed by atoms with Crippen molar-refractivity contribution in [3.63, 3.8) is 0 Å². The third-order valence-corrected chi connectivity index (χ3v) is 5.76. The highest BCUT2D eigenvalue weighted by atomic mass is 127. The van der Waals surface area contributed by atoms with E-state index in [9.17, 15) is 9.59 Å². The summed E-state index contributed by atoms with van der Waals surface area (Å²) in [5.41, 5.74) is 4.67. The lowest BCUT2D eigenvalue weighted by Gasteiger charge is -2.08. The Morgan fingerprint density at radius 3 is 2.42 bits per heavy atom. The van der Waals surface area contributed by atoms with Crippen LogP contribution in [0, 0.1) is 3.57 Å². The van der Waals surface area contributed by atoms with Crippen molar-refractivity contribution >= 4 is 57.1 Å². The van der Waals surface area contributed by atoms with E-state index in [0.717, 1.165) is 25.6 Å². The normalized spacial score (nSPS) is 10.8. The number of rotatable bonds is 7. The van der Waals surface area contributed by atoms with E-state index in [1.807, 2.05) is 54.6 Å². The fourth-order valence-corrected chi connectivity index (χ4v) is 3.79. The maximum atomic E-state index is 12.3. The first-order valence-electron chi connectivity index (χ1n) is 10.2. The summed E-state index contributed by atoms with van der Waals surface area (Å²) in [6.45, 7) is 0.0958. The maximum Gasteiger partial charge on any atom is 0.344 e. The Bertz CT molecular complexity index is 1310. The molecule has 164 valence electrons. The number of carbonyl (C=O) groups is 2. The minimum atomic E-state index is -0.410. The Morgan fingerprint density at radius 2 is 1.61 bits per heavy atom. The lowest BCUT2D eigenvalue weighted by atomic mass is 10.1. The van der Waals surface area contributed by atoms with Crippen LogP contribution in [0.2, 0.25) is 0 Å². The van der Waals surface area contributed by atoms with Crippen LogP contribution in [-0.4, -0.2) is 24.6 Å². The molecular weight excluding hydrogens is 529 g/mol. The molecule has 4 aromatic rings.